The molecule has 0 saturated heterocycles. The summed E-state index contributed by atoms with van der Waals surface area (Å²) in [6, 6.07) is 8.30. The van der Waals surface area contributed by atoms with Crippen molar-refractivity contribution in [1.29, 1.82) is 0 Å². The van der Waals surface area contributed by atoms with E-state index in [0.717, 1.165) is 0 Å². The number of carbonyl (C=O) groups excluding carboxylic acids is 2. The molecule has 0 unspecified atom stereocenters. The molecule has 0 spiro atoms. The van der Waals surface area contributed by atoms with E-state index in [2.05, 4.69) is 10.6 Å². The second-order valence-electron chi connectivity index (χ2n) is 5.47. The van der Waals surface area contributed by atoms with Gasteiger partial charge in [-0.05, 0) is 37.3 Å². The number of hydrogen-bond donors (Lipinski definition) is 2. The Hall–Kier alpha value is -3.33. The van der Waals surface area contributed by atoms with E-state index in [-0.39, 0.29) is 46.0 Å². The van der Waals surface area contributed by atoms with E-state index in [1.807, 2.05) is 0 Å². The maximum absolute atomic E-state index is 12.2. The molecule has 0 heterocycles. The summed E-state index contributed by atoms with van der Waals surface area (Å²) in [4.78, 5) is 34.2. The van der Waals surface area contributed by atoms with Crippen LogP contribution in [0.3, 0.4) is 0 Å². The molecule has 9 nitrogen and oxygen atoms in total. The lowest BCUT2D eigenvalue weighted by atomic mass is 10.2. The fraction of sp³-hybridized carbons (Fsp3) is 0.222. The van der Waals surface area contributed by atoms with Crippen LogP contribution in [0.15, 0.2) is 36.4 Å². The molecule has 0 aromatic heterocycles. The lowest BCUT2D eigenvalue weighted by molar-refractivity contribution is -0.385. The molecule has 2 aromatic carbocycles. The van der Waals surface area contributed by atoms with Crippen LogP contribution in [0.1, 0.15) is 17.3 Å². The molecule has 0 radical (unpaired) electrons. The number of nitro groups is 1. The molecule has 28 heavy (non-hydrogen) atoms. The largest absolute Gasteiger partial charge is 0.493 e. The summed E-state index contributed by atoms with van der Waals surface area (Å²) < 4.78 is 10.8. The first-order valence-electron chi connectivity index (χ1n) is 8.20. The number of amides is 2. The number of nitrogens with one attached hydrogen (secondary N) is 2. The van der Waals surface area contributed by atoms with E-state index >= 15 is 0 Å². The monoisotopic (exact) mass is 407 g/mol. The van der Waals surface area contributed by atoms with Crippen LogP contribution in [0.2, 0.25) is 5.02 Å². The first-order valence-corrected chi connectivity index (χ1v) is 8.58. The third kappa shape index (κ3) is 5.34. The second-order valence-corrected chi connectivity index (χ2v) is 5.91. The SMILES string of the molecule is CCNC(=O)CNC(=O)c1ccc(Oc2ccc(Cl)cc2[N+](=O)[O-])c(OC)c1. The maximum atomic E-state index is 12.2. The van der Waals surface area contributed by atoms with E-state index < -0.39 is 10.8 Å². The van der Waals surface area contributed by atoms with Crippen molar-refractivity contribution >= 4 is 29.1 Å². The smallest absolute Gasteiger partial charge is 0.313 e. The molecule has 0 aliphatic rings. The number of ether oxygens (including phenoxy) is 2. The van der Waals surface area contributed by atoms with Crippen LogP contribution in [0.5, 0.6) is 17.2 Å². The van der Waals surface area contributed by atoms with Crippen LogP contribution in [0.25, 0.3) is 0 Å². The summed E-state index contributed by atoms with van der Waals surface area (Å²) in [7, 11) is 1.37. The van der Waals surface area contributed by atoms with Crippen LogP contribution in [0, 0.1) is 10.1 Å². The zero-order chi connectivity index (χ0) is 20.7. The van der Waals surface area contributed by atoms with Crippen molar-refractivity contribution in [2.24, 2.45) is 0 Å². The number of likely N-dealkylation sites (N-methyl/N-ethyl adjacent to an activating group) is 1. The average molecular weight is 408 g/mol. The van der Waals surface area contributed by atoms with Gasteiger partial charge in [-0.15, -0.1) is 0 Å². The number of halogens is 1. The number of benzene rings is 2. The van der Waals surface area contributed by atoms with E-state index in [1.165, 1.54) is 43.5 Å². The Morgan fingerprint density at radius 3 is 2.46 bits per heavy atom. The van der Waals surface area contributed by atoms with Gasteiger partial charge in [0, 0.05) is 23.2 Å². The predicted octanol–water partition coefficient (Wildman–Crippen LogP) is 2.92. The van der Waals surface area contributed by atoms with Gasteiger partial charge in [0.15, 0.2) is 11.5 Å². The van der Waals surface area contributed by atoms with Gasteiger partial charge in [-0.2, -0.15) is 0 Å². The third-order valence-corrected chi connectivity index (χ3v) is 3.78. The summed E-state index contributed by atoms with van der Waals surface area (Å²) in [6.45, 7) is 2.07. The summed E-state index contributed by atoms with van der Waals surface area (Å²) in [5, 5.41) is 16.4. The highest BCUT2D eigenvalue weighted by Gasteiger charge is 2.19. The van der Waals surface area contributed by atoms with Crippen molar-refractivity contribution in [3.63, 3.8) is 0 Å². The zero-order valence-electron chi connectivity index (χ0n) is 15.2. The minimum atomic E-state index is -0.614. The number of rotatable bonds is 8. The maximum Gasteiger partial charge on any atom is 0.313 e. The van der Waals surface area contributed by atoms with Gasteiger partial charge in [0.1, 0.15) is 0 Å². The number of methoxy groups -OCH3 is 1. The van der Waals surface area contributed by atoms with Crippen molar-refractivity contribution in [2.75, 3.05) is 20.2 Å². The first kappa shape index (κ1) is 21.0. The highest BCUT2D eigenvalue weighted by atomic mass is 35.5. The van der Waals surface area contributed by atoms with Crippen LogP contribution in [-0.2, 0) is 4.79 Å². The Labute approximate surface area is 165 Å². The molecule has 0 saturated carbocycles. The number of nitro benzene ring substituents is 1. The summed E-state index contributed by atoms with van der Waals surface area (Å²) >= 11 is 5.79. The lowest BCUT2D eigenvalue weighted by Gasteiger charge is -2.12. The molecule has 148 valence electrons. The average Bonchev–Trinajstić information content (AvgIpc) is 2.67. The first-order chi connectivity index (χ1) is 13.3. The van der Waals surface area contributed by atoms with E-state index in [9.17, 15) is 19.7 Å². The van der Waals surface area contributed by atoms with Crippen molar-refractivity contribution in [3.8, 4) is 17.2 Å². The fourth-order valence-corrected chi connectivity index (χ4v) is 2.42. The quantitative estimate of drug-likeness (QED) is 0.512. The summed E-state index contributed by atoms with van der Waals surface area (Å²) in [6.07, 6.45) is 0. The van der Waals surface area contributed by atoms with Crippen LogP contribution in [0.4, 0.5) is 5.69 Å². The highest BCUT2D eigenvalue weighted by Crippen LogP contribution is 2.37. The summed E-state index contributed by atoms with van der Waals surface area (Å²) in [5.74, 6) is -0.448. The molecule has 0 fully saturated rings. The zero-order valence-corrected chi connectivity index (χ0v) is 15.9. The number of nitrogens with zero attached hydrogens (tertiary/aromatic N) is 1. The standard InChI is InChI=1S/C18H18ClN3O6/c1-3-20-17(23)10-21-18(24)11-4-6-15(16(8-11)27-2)28-14-7-5-12(19)9-13(14)22(25)26/h4-9H,3,10H2,1-2H3,(H,20,23)(H,21,24). The van der Waals surface area contributed by atoms with E-state index in [4.69, 9.17) is 21.1 Å². The van der Waals surface area contributed by atoms with Crippen molar-refractivity contribution in [3.05, 3.63) is 57.1 Å². The molecule has 0 aliphatic carbocycles. The predicted molar refractivity (Wildman–Crippen MR) is 102 cm³/mol. The molecule has 0 aliphatic heterocycles. The Bertz CT molecular complexity index is 903. The Morgan fingerprint density at radius 1 is 1.11 bits per heavy atom. The van der Waals surface area contributed by atoms with Crippen molar-refractivity contribution in [1.82, 2.24) is 10.6 Å². The molecule has 2 rings (SSSR count). The lowest BCUT2D eigenvalue weighted by Crippen LogP contribution is -2.36. The fourth-order valence-electron chi connectivity index (χ4n) is 2.25. The molecule has 2 N–H and O–H groups in total. The summed E-state index contributed by atoms with van der Waals surface area (Å²) in [5.41, 5.74) is -0.0718. The third-order valence-electron chi connectivity index (χ3n) is 3.55. The van der Waals surface area contributed by atoms with Crippen LogP contribution in [-0.4, -0.2) is 36.9 Å². The van der Waals surface area contributed by atoms with Gasteiger partial charge in [-0.3, -0.25) is 19.7 Å². The molecule has 2 amide bonds. The molecule has 10 heteroatoms. The number of hydrogen-bond acceptors (Lipinski definition) is 6. The number of carbonyl (C=O) groups is 2. The van der Waals surface area contributed by atoms with Crippen LogP contribution < -0.4 is 20.1 Å². The minimum absolute atomic E-state index is 0.0267. The highest BCUT2D eigenvalue weighted by molar-refractivity contribution is 6.30. The van der Waals surface area contributed by atoms with Crippen molar-refractivity contribution in [2.45, 2.75) is 6.92 Å². The normalized spacial score (nSPS) is 10.1. The molecule has 2 aromatic rings. The second kappa shape index (κ2) is 9.56. The van der Waals surface area contributed by atoms with Gasteiger partial charge in [0.25, 0.3) is 5.91 Å². The topological polar surface area (TPSA) is 120 Å². The Balaban J connectivity index is 2.21. The van der Waals surface area contributed by atoms with Gasteiger partial charge in [-0.1, -0.05) is 11.6 Å². The van der Waals surface area contributed by atoms with E-state index in [0.29, 0.717) is 6.54 Å². The van der Waals surface area contributed by atoms with Crippen molar-refractivity contribution < 1.29 is 24.0 Å². The molecular weight excluding hydrogens is 390 g/mol. The van der Waals surface area contributed by atoms with Gasteiger partial charge in [0.2, 0.25) is 11.7 Å². The van der Waals surface area contributed by atoms with Gasteiger partial charge in [0.05, 0.1) is 18.6 Å². The molecular formula is C18H18ClN3O6. The Morgan fingerprint density at radius 2 is 1.82 bits per heavy atom. The van der Waals surface area contributed by atoms with Gasteiger partial charge >= 0.3 is 5.69 Å². The van der Waals surface area contributed by atoms with E-state index in [1.54, 1.807) is 6.92 Å². The Kier molecular flexibility index (Phi) is 7.16. The molecule has 0 bridgehead atoms. The van der Waals surface area contributed by atoms with Gasteiger partial charge < -0.3 is 20.1 Å². The van der Waals surface area contributed by atoms with Gasteiger partial charge in [-0.25, -0.2) is 0 Å². The van der Waals surface area contributed by atoms with Crippen LogP contribution >= 0.6 is 11.6 Å². The molecule has 0 atom stereocenters. The minimum Gasteiger partial charge on any atom is -0.493 e.